The second kappa shape index (κ2) is 4.29. The number of hydrogen-bond donors (Lipinski definition) is 1. The number of nitrogens with zero attached hydrogens (tertiary/aromatic N) is 3. The van der Waals surface area contributed by atoms with Crippen LogP contribution in [-0.2, 0) is 0 Å². The molecular formula is C8H6N4O4S. The summed E-state index contributed by atoms with van der Waals surface area (Å²) in [6.07, 6.45) is 0. The van der Waals surface area contributed by atoms with Crippen LogP contribution in [0, 0.1) is 17.0 Å². The van der Waals surface area contributed by atoms with Crippen LogP contribution in [0.2, 0.25) is 0 Å². The predicted molar refractivity (Wildman–Crippen MR) is 58.0 cm³/mol. The molecule has 1 N–H and O–H groups in total. The van der Waals surface area contributed by atoms with E-state index in [1.54, 1.807) is 6.92 Å². The van der Waals surface area contributed by atoms with Crippen molar-refractivity contribution in [2.75, 3.05) is 5.32 Å². The largest absolute Gasteiger partial charge is 0.433 e. The Kier molecular flexibility index (Phi) is 2.83. The van der Waals surface area contributed by atoms with Gasteiger partial charge >= 0.3 is 5.88 Å². The van der Waals surface area contributed by atoms with Gasteiger partial charge in [0, 0.05) is 0 Å². The summed E-state index contributed by atoms with van der Waals surface area (Å²) >= 11 is 1.19. The van der Waals surface area contributed by atoms with Crippen molar-refractivity contribution in [3.05, 3.63) is 33.0 Å². The van der Waals surface area contributed by atoms with Crippen LogP contribution >= 0.6 is 11.3 Å². The molecular weight excluding hydrogens is 248 g/mol. The Morgan fingerprint density at radius 1 is 1.53 bits per heavy atom. The molecule has 0 unspecified atom stereocenters. The third kappa shape index (κ3) is 2.45. The lowest BCUT2D eigenvalue weighted by Gasteiger charge is -1.95. The van der Waals surface area contributed by atoms with Crippen LogP contribution in [0.5, 0.6) is 0 Å². The maximum absolute atomic E-state index is 11.6. The molecule has 0 spiro atoms. The number of nitrogens with one attached hydrogen (secondary N) is 1. The van der Waals surface area contributed by atoms with Gasteiger partial charge in [-0.1, -0.05) is 11.3 Å². The van der Waals surface area contributed by atoms with E-state index in [2.05, 4.69) is 15.5 Å². The lowest BCUT2D eigenvalue weighted by molar-refractivity contribution is -0.402. The molecule has 0 saturated heterocycles. The smallest absolute Gasteiger partial charge is 0.395 e. The van der Waals surface area contributed by atoms with Gasteiger partial charge in [-0.15, -0.1) is 10.2 Å². The van der Waals surface area contributed by atoms with Gasteiger partial charge in [0.05, 0.1) is 6.07 Å². The molecule has 0 aliphatic carbocycles. The number of carbonyl (C=O) groups excluding carboxylic acids is 1. The Hall–Kier alpha value is -2.29. The summed E-state index contributed by atoms with van der Waals surface area (Å²) in [6, 6.07) is 2.33. The third-order valence-corrected chi connectivity index (χ3v) is 2.50. The Bertz CT molecular complexity index is 576. The summed E-state index contributed by atoms with van der Waals surface area (Å²) in [5, 5.41) is 21.2. The van der Waals surface area contributed by atoms with E-state index in [9.17, 15) is 14.9 Å². The topological polar surface area (TPSA) is 111 Å². The van der Waals surface area contributed by atoms with Gasteiger partial charge in [0.25, 0.3) is 5.91 Å². The molecule has 0 aliphatic heterocycles. The second-order valence-corrected chi connectivity index (χ2v) is 4.16. The summed E-state index contributed by atoms with van der Waals surface area (Å²) in [7, 11) is 0. The molecule has 0 aliphatic rings. The van der Waals surface area contributed by atoms with Gasteiger partial charge in [-0.3, -0.25) is 20.2 Å². The van der Waals surface area contributed by atoms with Crippen molar-refractivity contribution in [2.45, 2.75) is 6.92 Å². The first-order chi connectivity index (χ1) is 8.06. The average molecular weight is 254 g/mol. The molecule has 0 radical (unpaired) electrons. The van der Waals surface area contributed by atoms with Crippen LogP contribution in [0.1, 0.15) is 15.6 Å². The van der Waals surface area contributed by atoms with Gasteiger partial charge in [-0.05, 0) is 13.0 Å². The fraction of sp³-hybridized carbons (Fsp3) is 0.125. The van der Waals surface area contributed by atoms with Crippen LogP contribution < -0.4 is 5.32 Å². The minimum absolute atomic E-state index is 0.149. The molecule has 0 bridgehead atoms. The van der Waals surface area contributed by atoms with Gasteiger partial charge in [-0.25, -0.2) is 0 Å². The Morgan fingerprint density at radius 2 is 2.29 bits per heavy atom. The molecule has 2 aromatic rings. The molecule has 88 valence electrons. The number of anilines is 1. The van der Waals surface area contributed by atoms with E-state index in [0.717, 1.165) is 6.07 Å². The lowest BCUT2D eigenvalue weighted by atomic mass is 10.4. The first-order valence-electron chi connectivity index (χ1n) is 4.42. The maximum Gasteiger partial charge on any atom is 0.433 e. The summed E-state index contributed by atoms with van der Waals surface area (Å²) in [5.74, 6) is -1.23. The molecule has 2 heterocycles. The van der Waals surface area contributed by atoms with Crippen LogP contribution in [0.15, 0.2) is 16.5 Å². The van der Waals surface area contributed by atoms with Crippen LogP contribution in [0.4, 0.5) is 11.0 Å². The Labute approximate surface area is 98.4 Å². The van der Waals surface area contributed by atoms with Crippen molar-refractivity contribution in [1.82, 2.24) is 10.2 Å². The minimum atomic E-state index is -0.716. The number of hydrogen-bond acceptors (Lipinski definition) is 7. The summed E-state index contributed by atoms with van der Waals surface area (Å²) in [4.78, 5) is 21.2. The first kappa shape index (κ1) is 11.2. The number of aromatic nitrogens is 2. The molecule has 0 aromatic carbocycles. The zero-order chi connectivity index (χ0) is 12.4. The van der Waals surface area contributed by atoms with E-state index in [1.165, 1.54) is 17.4 Å². The van der Waals surface area contributed by atoms with Crippen molar-refractivity contribution in [2.24, 2.45) is 0 Å². The minimum Gasteiger partial charge on any atom is -0.395 e. The first-order valence-corrected chi connectivity index (χ1v) is 5.23. The second-order valence-electron chi connectivity index (χ2n) is 2.98. The van der Waals surface area contributed by atoms with Gasteiger partial charge in [0.15, 0.2) is 5.76 Å². The maximum atomic E-state index is 11.6. The normalized spacial score (nSPS) is 10.2. The highest BCUT2D eigenvalue weighted by atomic mass is 32.1. The molecule has 1 amide bonds. The molecule has 8 nitrogen and oxygen atoms in total. The van der Waals surface area contributed by atoms with E-state index in [4.69, 9.17) is 4.42 Å². The molecule has 9 heteroatoms. The van der Waals surface area contributed by atoms with E-state index in [-0.39, 0.29) is 5.76 Å². The van der Waals surface area contributed by atoms with Gasteiger partial charge in [0.2, 0.25) is 5.13 Å². The van der Waals surface area contributed by atoms with Crippen LogP contribution in [0.25, 0.3) is 0 Å². The van der Waals surface area contributed by atoms with Crippen molar-refractivity contribution in [3.8, 4) is 0 Å². The highest BCUT2D eigenvalue weighted by molar-refractivity contribution is 7.15. The third-order valence-electron chi connectivity index (χ3n) is 1.74. The molecule has 0 atom stereocenters. The standard InChI is InChI=1S/C8H6N4O4S/c1-4-10-11-8(17-4)9-7(13)5-2-3-6(16-5)12(14)15/h2-3H,1H3,(H,9,11,13). The number of aryl methyl sites for hydroxylation is 1. The van der Waals surface area contributed by atoms with Gasteiger partial charge in [0.1, 0.15) is 9.93 Å². The van der Waals surface area contributed by atoms with Gasteiger partial charge in [-0.2, -0.15) is 0 Å². The fourth-order valence-electron chi connectivity index (χ4n) is 1.05. The summed E-state index contributed by atoms with van der Waals surface area (Å²) in [5.41, 5.74) is 0. The predicted octanol–water partition coefficient (Wildman–Crippen LogP) is 1.60. The quantitative estimate of drug-likeness (QED) is 0.657. The van der Waals surface area contributed by atoms with Crippen molar-refractivity contribution in [3.63, 3.8) is 0 Å². The van der Waals surface area contributed by atoms with Crippen molar-refractivity contribution < 1.29 is 14.1 Å². The fourth-order valence-corrected chi connectivity index (χ4v) is 1.64. The zero-order valence-corrected chi connectivity index (χ0v) is 9.35. The lowest BCUT2D eigenvalue weighted by Crippen LogP contribution is -2.10. The SMILES string of the molecule is Cc1nnc(NC(=O)c2ccc([N+](=O)[O-])o2)s1. The number of carbonyl (C=O) groups is 1. The van der Waals surface area contributed by atoms with E-state index < -0.39 is 16.7 Å². The Balaban J connectivity index is 2.11. The number of rotatable bonds is 3. The molecule has 0 saturated carbocycles. The van der Waals surface area contributed by atoms with Crippen molar-refractivity contribution in [1.29, 1.82) is 0 Å². The number of nitro groups is 1. The number of furan rings is 1. The summed E-state index contributed by atoms with van der Waals surface area (Å²) in [6.45, 7) is 1.74. The van der Waals surface area contributed by atoms with E-state index >= 15 is 0 Å². The monoisotopic (exact) mass is 254 g/mol. The molecule has 17 heavy (non-hydrogen) atoms. The average Bonchev–Trinajstić information content (AvgIpc) is 2.86. The van der Waals surface area contributed by atoms with E-state index in [0.29, 0.717) is 10.1 Å². The molecule has 0 fully saturated rings. The van der Waals surface area contributed by atoms with Gasteiger partial charge < -0.3 is 4.42 Å². The van der Waals surface area contributed by atoms with E-state index in [1.807, 2.05) is 0 Å². The zero-order valence-electron chi connectivity index (χ0n) is 8.54. The van der Waals surface area contributed by atoms with Crippen LogP contribution in [-0.4, -0.2) is 21.0 Å². The Morgan fingerprint density at radius 3 is 2.82 bits per heavy atom. The highest BCUT2D eigenvalue weighted by Gasteiger charge is 2.18. The highest BCUT2D eigenvalue weighted by Crippen LogP contribution is 2.18. The van der Waals surface area contributed by atoms with Crippen molar-refractivity contribution >= 4 is 28.3 Å². The number of amides is 1. The summed E-state index contributed by atoms with van der Waals surface area (Å²) < 4.78 is 4.73. The molecule has 2 rings (SSSR count). The molecule has 2 aromatic heterocycles. The van der Waals surface area contributed by atoms with Crippen LogP contribution in [0.3, 0.4) is 0 Å².